The molecule has 1 saturated heterocycles. The zero-order valence-corrected chi connectivity index (χ0v) is 14.6. The highest BCUT2D eigenvalue weighted by atomic mass is 32.1. The SMILES string of the molecule is O=C(N(Cc1ccsc1)C1CC1)C1(c2ccccc2)CCOCC1. The van der Waals surface area contributed by atoms with Crippen molar-refractivity contribution in [2.75, 3.05) is 13.2 Å². The average Bonchev–Trinajstić information content (AvgIpc) is 3.36. The first kappa shape index (κ1) is 15.9. The molecule has 3 nitrogen and oxygen atoms in total. The summed E-state index contributed by atoms with van der Waals surface area (Å²) in [7, 11) is 0. The smallest absolute Gasteiger partial charge is 0.233 e. The van der Waals surface area contributed by atoms with Crippen LogP contribution in [0, 0.1) is 0 Å². The van der Waals surface area contributed by atoms with Gasteiger partial charge in [-0.2, -0.15) is 11.3 Å². The molecule has 2 fully saturated rings. The van der Waals surface area contributed by atoms with Gasteiger partial charge in [-0.3, -0.25) is 4.79 Å². The van der Waals surface area contributed by atoms with Gasteiger partial charge in [0.1, 0.15) is 0 Å². The van der Waals surface area contributed by atoms with Crippen LogP contribution in [-0.2, 0) is 21.5 Å². The lowest BCUT2D eigenvalue weighted by Crippen LogP contribution is -2.50. The van der Waals surface area contributed by atoms with Crippen LogP contribution >= 0.6 is 11.3 Å². The summed E-state index contributed by atoms with van der Waals surface area (Å²) in [6.07, 6.45) is 3.83. The second kappa shape index (κ2) is 6.69. The molecule has 0 atom stereocenters. The van der Waals surface area contributed by atoms with Crippen LogP contribution in [0.25, 0.3) is 0 Å². The van der Waals surface area contributed by atoms with Gasteiger partial charge in [-0.1, -0.05) is 30.3 Å². The molecule has 2 heterocycles. The Morgan fingerprint density at radius 1 is 1.17 bits per heavy atom. The summed E-state index contributed by atoms with van der Waals surface area (Å²) in [6, 6.07) is 12.9. The van der Waals surface area contributed by atoms with E-state index >= 15 is 0 Å². The monoisotopic (exact) mass is 341 g/mol. The number of hydrogen-bond acceptors (Lipinski definition) is 3. The predicted octanol–water partition coefficient (Wildman–Crippen LogP) is 3.99. The lowest BCUT2D eigenvalue weighted by Gasteiger charge is -2.40. The molecule has 1 aliphatic heterocycles. The van der Waals surface area contributed by atoms with Gasteiger partial charge in [0.25, 0.3) is 0 Å². The Balaban J connectivity index is 1.67. The Morgan fingerprint density at radius 2 is 1.92 bits per heavy atom. The van der Waals surface area contributed by atoms with Crippen molar-refractivity contribution in [1.82, 2.24) is 4.90 Å². The van der Waals surface area contributed by atoms with E-state index < -0.39 is 5.41 Å². The minimum Gasteiger partial charge on any atom is -0.381 e. The van der Waals surface area contributed by atoms with Crippen molar-refractivity contribution in [3.05, 3.63) is 58.3 Å². The second-order valence-corrected chi connectivity index (χ2v) is 7.64. The molecule has 1 aromatic heterocycles. The molecule has 0 bridgehead atoms. The van der Waals surface area contributed by atoms with E-state index in [9.17, 15) is 4.79 Å². The number of nitrogens with zero attached hydrogens (tertiary/aromatic N) is 1. The highest BCUT2D eigenvalue weighted by molar-refractivity contribution is 7.07. The van der Waals surface area contributed by atoms with Gasteiger partial charge < -0.3 is 9.64 Å². The molecule has 126 valence electrons. The van der Waals surface area contributed by atoms with Gasteiger partial charge in [0, 0.05) is 25.8 Å². The molecule has 2 aromatic rings. The van der Waals surface area contributed by atoms with E-state index in [1.54, 1.807) is 11.3 Å². The third kappa shape index (κ3) is 3.01. The summed E-state index contributed by atoms with van der Waals surface area (Å²) in [4.78, 5) is 15.8. The highest BCUT2D eigenvalue weighted by Crippen LogP contribution is 2.40. The van der Waals surface area contributed by atoms with Crippen LogP contribution < -0.4 is 0 Å². The molecule has 0 radical (unpaired) electrons. The molecule has 1 aliphatic carbocycles. The number of benzene rings is 1. The number of thiophene rings is 1. The van der Waals surface area contributed by atoms with Gasteiger partial charge in [-0.15, -0.1) is 0 Å². The minimum atomic E-state index is -0.419. The van der Waals surface area contributed by atoms with Gasteiger partial charge in [-0.05, 0) is 53.6 Å². The van der Waals surface area contributed by atoms with E-state index in [1.807, 2.05) is 18.2 Å². The van der Waals surface area contributed by atoms with E-state index in [0.29, 0.717) is 25.2 Å². The topological polar surface area (TPSA) is 29.5 Å². The Hall–Kier alpha value is -1.65. The van der Waals surface area contributed by atoms with Gasteiger partial charge in [0.05, 0.1) is 5.41 Å². The first-order valence-corrected chi connectivity index (χ1v) is 9.69. The minimum absolute atomic E-state index is 0.297. The molecule has 1 amide bonds. The zero-order chi connectivity index (χ0) is 16.4. The maximum Gasteiger partial charge on any atom is 0.233 e. The second-order valence-electron chi connectivity index (χ2n) is 6.86. The van der Waals surface area contributed by atoms with Crippen LogP contribution in [0.4, 0.5) is 0 Å². The fraction of sp³-hybridized carbons (Fsp3) is 0.450. The van der Waals surface area contributed by atoms with Gasteiger partial charge >= 0.3 is 0 Å². The van der Waals surface area contributed by atoms with Crippen molar-refractivity contribution >= 4 is 17.2 Å². The summed E-state index contributed by atoms with van der Waals surface area (Å²) in [5.74, 6) is 0.297. The maximum absolute atomic E-state index is 13.7. The molecular formula is C20H23NO2S. The molecule has 24 heavy (non-hydrogen) atoms. The Labute approximate surface area is 147 Å². The van der Waals surface area contributed by atoms with E-state index in [0.717, 1.165) is 37.8 Å². The Bertz CT molecular complexity index is 673. The number of carbonyl (C=O) groups excluding carboxylic acids is 1. The van der Waals surface area contributed by atoms with Crippen LogP contribution in [0.2, 0.25) is 0 Å². The zero-order valence-electron chi connectivity index (χ0n) is 13.8. The van der Waals surface area contributed by atoms with Crippen LogP contribution in [0.1, 0.15) is 36.8 Å². The predicted molar refractivity (Wildman–Crippen MR) is 96.1 cm³/mol. The Morgan fingerprint density at radius 3 is 2.54 bits per heavy atom. The molecule has 4 heteroatoms. The van der Waals surface area contributed by atoms with Gasteiger partial charge in [0.15, 0.2) is 0 Å². The number of hydrogen-bond donors (Lipinski definition) is 0. The lowest BCUT2D eigenvalue weighted by atomic mass is 9.73. The standard InChI is InChI=1S/C20H23NO2S/c22-19(21(18-6-7-18)14-16-8-13-24-15-16)20(9-11-23-12-10-20)17-4-2-1-3-5-17/h1-5,8,13,15,18H,6-7,9-12,14H2. The maximum atomic E-state index is 13.7. The molecule has 0 spiro atoms. The summed E-state index contributed by atoms with van der Waals surface area (Å²) in [5, 5.41) is 4.24. The first-order chi connectivity index (χ1) is 11.8. The fourth-order valence-corrected chi connectivity index (χ4v) is 4.37. The fourth-order valence-electron chi connectivity index (χ4n) is 3.71. The highest BCUT2D eigenvalue weighted by Gasteiger charge is 2.47. The van der Waals surface area contributed by atoms with Crippen molar-refractivity contribution in [3.63, 3.8) is 0 Å². The lowest BCUT2D eigenvalue weighted by molar-refractivity contribution is -0.142. The van der Waals surface area contributed by atoms with E-state index in [4.69, 9.17) is 4.74 Å². The molecule has 1 aromatic carbocycles. The van der Waals surface area contributed by atoms with Crippen LogP contribution in [-0.4, -0.2) is 30.1 Å². The van der Waals surface area contributed by atoms with Crippen molar-refractivity contribution in [3.8, 4) is 0 Å². The first-order valence-electron chi connectivity index (χ1n) is 8.75. The summed E-state index contributed by atoms with van der Waals surface area (Å²) in [6.45, 7) is 2.07. The van der Waals surface area contributed by atoms with Crippen molar-refractivity contribution in [1.29, 1.82) is 0 Å². The molecule has 0 unspecified atom stereocenters. The number of rotatable bonds is 5. The Kier molecular flexibility index (Phi) is 4.42. The summed E-state index contributed by atoms with van der Waals surface area (Å²) >= 11 is 1.70. The number of carbonyl (C=O) groups is 1. The van der Waals surface area contributed by atoms with Crippen molar-refractivity contribution in [2.45, 2.75) is 43.7 Å². The molecule has 4 rings (SSSR count). The molecule has 0 N–H and O–H groups in total. The normalized spacial score (nSPS) is 19.8. The van der Waals surface area contributed by atoms with Gasteiger partial charge in [0.2, 0.25) is 5.91 Å². The van der Waals surface area contributed by atoms with Crippen LogP contribution in [0.3, 0.4) is 0 Å². The third-order valence-corrected chi connectivity index (χ3v) is 6.00. The molecule has 2 aliphatic rings. The number of amides is 1. The van der Waals surface area contributed by atoms with E-state index in [-0.39, 0.29) is 0 Å². The largest absolute Gasteiger partial charge is 0.381 e. The van der Waals surface area contributed by atoms with Crippen molar-refractivity contribution in [2.24, 2.45) is 0 Å². The van der Waals surface area contributed by atoms with Gasteiger partial charge in [-0.25, -0.2) is 0 Å². The molecule has 1 saturated carbocycles. The average molecular weight is 341 g/mol. The third-order valence-electron chi connectivity index (χ3n) is 5.26. The van der Waals surface area contributed by atoms with E-state index in [1.165, 1.54) is 5.56 Å². The quantitative estimate of drug-likeness (QED) is 0.823. The van der Waals surface area contributed by atoms with Crippen LogP contribution in [0.15, 0.2) is 47.2 Å². The van der Waals surface area contributed by atoms with E-state index in [2.05, 4.69) is 33.9 Å². The summed E-state index contributed by atoms with van der Waals surface area (Å²) < 4.78 is 5.59. The van der Waals surface area contributed by atoms with Crippen LogP contribution in [0.5, 0.6) is 0 Å². The molecular weight excluding hydrogens is 318 g/mol. The number of ether oxygens (including phenoxy) is 1. The summed E-state index contributed by atoms with van der Waals surface area (Å²) in [5.41, 5.74) is 1.97. The van der Waals surface area contributed by atoms with Crippen molar-refractivity contribution < 1.29 is 9.53 Å².